The second-order valence-electron chi connectivity index (χ2n) is 2.94. The average Bonchev–Trinajstić information content (AvgIpc) is 2.34. The molecular weight excluding hydrogens is 208 g/mol. The molecule has 6 heteroatoms. The molecule has 0 unspecified atom stereocenters. The Morgan fingerprint density at radius 1 is 1.50 bits per heavy atom. The highest BCUT2D eigenvalue weighted by Crippen LogP contribution is 2.10. The number of rotatable bonds is 5. The predicted octanol–water partition coefficient (Wildman–Crippen LogP) is 1.74. The molecule has 1 rings (SSSR count). The van der Waals surface area contributed by atoms with E-state index in [4.69, 9.17) is 10.3 Å². The highest BCUT2D eigenvalue weighted by molar-refractivity contribution is 5.94. The van der Waals surface area contributed by atoms with Gasteiger partial charge in [-0.1, -0.05) is 5.11 Å². The summed E-state index contributed by atoms with van der Waals surface area (Å²) in [7, 11) is 1.56. The van der Waals surface area contributed by atoms with E-state index in [2.05, 4.69) is 15.3 Å². The van der Waals surface area contributed by atoms with Crippen LogP contribution in [0.3, 0.4) is 0 Å². The number of methoxy groups -OCH3 is 1. The number of benzene rings is 1. The van der Waals surface area contributed by atoms with E-state index in [1.807, 2.05) is 0 Å². The zero-order valence-electron chi connectivity index (χ0n) is 8.88. The Labute approximate surface area is 92.8 Å². The third-order valence-electron chi connectivity index (χ3n) is 1.91. The minimum absolute atomic E-state index is 0.198. The van der Waals surface area contributed by atoms with Gasteiger partial charge in [-0.3, -0.25) is 4.79 Å². The van der Waals surface area contributed by atoms with Crippen LogP contribution in [0.2, 0.25) is 0 Å². The number of hydrogen-bond acceptors (Lipinski definition) is 3. The largest absolute Gasteiger partial charge is 0.497 e. The Bertz CT molecular complexity index is 396. The van der Waals surface area contributed by atoms with Crippen molar-refractivity contribution in [2.24, 2.45) is 5.11 Å². The zero-order chi connectivity index (χ0) is 11.8. The highest BCUT2D eigenvalue weighted by Gasteiger charge is 2.03. The van der Waals surface area contributed by atoms with Crippen LogP contribution in [0.4, 0.5) is 0 Å². The number of nitrogens with zero attached hydrogens (tertiary/aromatic N) is 3. The van der Waals surface area contributed by atoms with Gasteiger partial charge in [-0.05, 0) is 29.8 Å². The molecule has 6 nitrogen and oxygen atoms in total. The van der Waals surface area contributed by atoms with E-state index >= 15 is 0 Å². The number of carbonyl (C=O) groups excluding carboxylic acids is 1. The van der Waals surface area contributed by atoms with Crippen LogP contribution in [0, 0.1) is 0 Å². The maximum absolute atomic E-state index is 11.5. The van der Waals surface area contributed by atoms with Crippen molar-refractivity contribution in [3.63, 3.8) is 0 Å². The smallest absolute Gasteiger partial charge is 0.251 e. The molecule has 1 N–H and O–H groups in total. The molecular formula is C10H12N4O2. The molecule has 0 aliphatic carbocycles. The van der Waals surface area contributed by atoms with Crippen molar-refractivity contribution in [1.29, 1.82) is 0 Å². The number of nitrogens with one attached hydrogen (secondary N) is 1. The molecule has 0 saturated heterocycles. The van der Waals surface area contributed by atoms with Gasteiger partial charge in [0.05, 0.1) is 7.11 Å². The number of amides is 1. The van der Waals surface area contributed by atoms with Gasteiger partial charge < -0.3 is 10.1 Å². The van der Waals surface area contributed by atoms with Gasteiger partial charge in [0.15, 0.2) is 0 Å². The highest BCUT2D eigenvalue weighted by atomic mass is 16.5. The number of azide groups is 1. The predicted molar refractivity (Wildman–Crippen MR) is 59.3 cm³/mol. The normalized spacial score (nSPS) is 9.06. The summed E-state index contributed by atoms with van der Waals surface area (Å²) < 4.78 is 4.98. The van der Waals surface area contributed by atoms with Crippen LogP contribution in [-0.2, 0) is 0 Å². The van der Waals surface area contributed by atoms with Crippen molar-refractivity contribution in [1.82, 2.24) is 5.32 Å². The van der Waals surface area contributed by atoms with Crippen LogP contribution < -0.4 is 10.1 Å². The standard InChI is InChI=1S/C10H12N4O2/c1-16-9-4-2-8(3-5-9)10(15)12-6-7-13-14-11/h2-5H,6-7H2,1H3,(H,12,15). The zero-order valence-corrected chi connectivity index (χ0v) is 8.88. The third kappa shape index (κ3) is 3.51. The van der Waals surface area contributed by atoms with Crippen LogP contribution in [0.25, 0.3) is 10.4 Å². The molecule has 1 aromatic carbocycles. The number of ether oxygens (including phenoxy) is 1. The lowest BCUT2D eigenvalue weighted by molar-refractivity contribution is 0.0955. The Morgan fingerprint density at radius 2 is 2.19 bits per heavy atom. The van der Waals surface area contributed by atoms with Crippen molar-refractivity contribution < 1.29 is 9.53 Å². The fraction of sp³-hybridized carbons (Fsp3) is 0.300. The molecule has 0 bridgehead atoms. The molecule has 0 spiro atoms. The first-order valence-electron chi connectivity index (χ1n) is 4.71. The molecule has 0 aliphatic rings. The lowest BCUT2D eigenvalue weighted by Crippen LogP contribution is -2.25. The number of hydrogen-bond donors (Lipinski definition) is 1. The molecule has 0 aromatic heterocycles. The van der Waals surface area contributed by atoms with Crippen LogP contribution in [0.1, 0.15) is 10.4 Å². The van der Waals surface area contributed by atoms with Gasteiger partial charge in [0.25, 0.3) is 5.91 Å². The lowest BCUT2D eigenvalue weighted by atomic mass is 10.2. The molecule has 1 amide bonds. The summed E-state index contributed by atoms with van der Waals surface area (Å²) in [5.41, 5.74) is 8.58. The second-order valence-corrected chi connectivity index (χ2v) is 2.94. The van der Waals surface area contributed by atoms with E-state index in [-0.39, 0.29) is 12.5 Å². The Hall–Kier alpha value is -2.20. The Kier molecular flexibility index (Phi) is 4.69. The first kappa shape index (κ1) is 11.9. The van der Waals surface area contributed by atoms with E-state index in [9.17, 15) is 4.79 Å². The van der Waals surface area contributed by atoms with Crippen molar-refractivity contribution in [3.05, 3.63) is 40.3 Å². The van der Waals surface area contributed by atoms with Crippen LogP contribution in [0.5, 0.6) is 5.75 Å². The average molecular weight is 220 g/mol. The second kappa shape index (κ2) is 6.31. The molecule has 1 aromatic rings. The Balaban J connectivity index is 2.49. The summed E-state index contributed by atoms with van der Waals surface area (Å²) in [5.74, 6) is 0.501. The van der Waals surface area contributed by atoms with E-state index in [1.54, 1.807) is 31.4 Å². The van der Waals surface area contributed by atoms with Gasteiger partial charge in [0.2, 0.25) is 0 Å². The maximum Gasteiger partial charge on any atom is 0.251 e. The topological polar surface area (TPSA) is 87.1 Å². The molecule has 0 saturated carbocycles. The SMILES string of the molecule is COc1ccc(C(=O)NCCN=[N+]=[N-])cc1. The first-order chi connectivity index (χ1) is 7.77. The minimum atomic E-state index is -0.198. The van der Waals surface area contributed by atoms with Crippen molar-refractivity contribution >= 4 is 5.91 Å². The summed E-state index contributed by atoms with van der Waals surface area (Å²) in [6.07, 6.45) is 0. The maximum atomic E-state index is 11.5. The summed E-state index contributed by atoms with van der Waals surface area (Å²) in [6, 6.07) is 6.76. The van der Waals surface area contributed by atoms with E-state index in [1.165, 1.54) is 0 Å². The molecule has 0 aliphatic heterocycles. The number of carbonyl (C=O) groups is 1. The lowest BCUT2D eigenvalue weighted by Gasteiger charge is -2.04. The molecule has 0 radical (unpaired) electrons. The molecule has 0 fully saturated rings. The molecule has 0 heterocycles. The fourth-order valence-electron chi connectivity index (χ4n) is 1.11. The summed E-state index contributed by atoms with van der Waals surface area (Å²) >= 11 is 0. The quantitative estimate of drug-likeness (QED) is 0.354. The first-order valence-corrected chi connectivity index (χ1v) is 4.71. The van der Waals surface area contributed by atoms with Gasteiger partial charge in [-0.2, -0.15) is 0 Å². The molecule has 84 valence electrons. The van der Waals surface area contributed by atoms with E-state index in [0.717, 1.165) is 0 Å². The van der Waals surface area contributed by atoms with Crippen molar-refractivity contribution in [2.45, 2.75) is 0 Å². The molecule has 16 heavy (non-hydrogen) atoms. The van der Waals surface area contributed by atoms with Crippen LogP contribution >= 0.6 is 0 Å². The van der Waals surface area contributed by atoms with E-state index in [0.29, 0.717) is 17.9 Å². The van der Waals surface area contributed by atoms with Crippen LogP contribution in [-0.4, -0.2) is 26.1 Å². The minimum Gasteiger partial charge on any atom is -0.497 e. The van der Waals surface area contributed by atoms with Gasteiger partial charge in [0.1, 0.15) is 5.75 Å². The third-order valence-corrected chi connectivity index (χ3v) is 1.91. The van der Waals surface area contributed by atoms with Gasteiger partial charge in [-0.25, -0.2) is 0 Å². The summed E-state index contributed by atoms with van der Waals surface area (Å²) in [6.45, 7) is 0.577. The Morgan fingerprint density at radius 3 is 2.75 bits per heavy atom. The van der Waals surface area contributed by atoms with Crippen LogP contribution in [0.15, 0.2) is 29.4 Å². The summed E-state index contributed by atoms with van der Waals surface area (Å²) in [5, 5.41) is 5.94. The van der Waals surface area contributed by atoms with Crippen molar-refractivity contribution in [2.75, 3.05) is 20.2 Å². The molecule has 0 atom stereocenters. The van der Waals surface area contributed by atoms with Crippen molar-refractivity contribution in [3.8, 4) is 5.75 Å². The van der Waals surface area contributed by atoms with Gasteiger partial charge >= 0.3 is 0 Å². The monoisotopic (exact) mass is 220 g/mol. The fourth-order valence-corrected chi connectivity index (χ4v) is 1.11. The van der Waals surface area contributed by atoms with Gasteiger partial charge in [-0.15, -0.1) is 0 Å². The summed E-state index contributed by atoms with van der Waals surface area (Å²) in [4.78, 5) is 14.1. The van der Waals surface area contributed by atoms with Gasteiger partial charge in [0, 0.05) is 23.6 Å². The van der Waals surface area contributed by atoms with E-state index < -0.39 is 0 Å².